The van der Waals surface area contributed by atoms with Gasteiger partial charge in [0.1, 0.15) is 18.0 Å². The monoisotopic (exact) mass is 410 g/mol. The third-order valence-electron chi connectivity index (χ3n) is 6.16. The van der Waals surface area contributed by atoms with E-state index in [-0.39, 0.29) is 36.2 Å². The smallest absolute Gasteiger partial charge is 0.218 e. The van der Waals surface area contributed by atoms with Gasteiger partial charge in [-0.15, -0.1) is 0 Å². The lowest BCUT2D eigenvalue weighted by Crippen LogP contribution is -2.43. The molecule has 5 atom stereocenters. The molecule has 1 N–H and O–H groups in total. The van der Waals surface area contributed by atoms with E-state index in [1.807, 2.05) is 24.3 Å². The highest BCUT2D eigenvalue weighted by atomic mass is 32.2. The zero-order chi connectivity index (χ0) is 19.7. The van der Waals surface area contributed by atoms with Crippen LogP contribution in [0.2, 0.25) is 0 Å². The second kappa shape index (κ2) is 8.28. The Labute approximate surface area is 167 Å². The van der Waals surface area contributed by atoms with Crippen LogP contribution < -0.4 is 10.1 Å². The molecule has 3 aliphatic heterocycles. The largest absolute Gasteiger partial charge is 0.486 e. The van der Waals surface area contributed by atoms with Gasteiger partial charge in [-0.2, -0.15) is 0 Å². The van der Waals surface area contributed by atoms with Crippen molar-refractivity contribution in [2.24, 2.45) is 0 Å². The maximum absolute atomic E-state index is 13.0. The predicted octanol–water partition coefficient (Wildman–Crippen LogP) is 1.52. The highest BCUT2D eigenvalue weighted by Gasteiger charge is 2.39. The van der Waals surface area contributed by atoms with Crippen molar-refractivity contribution >= 4 is 10.0 Å². The Morgan fingerprint density at radius 3 is 2.61 bits per heavy atom. The molecule has 3 aliphatic rings. The molecule has 0 spiro atoms. The molecule has 7 nitrogen and oxygen atoms in total. The normalized spacial score (nSPS) is 32.8. The van der Waals surface area contributed by atoms with Gasteiger partial charge in [-0.3, -0.25) is 0 Å². The summed E-state index contributed by atoms with van der Waals surface area (Å²) in [6.07, 6.45) is 4.04. The second-order valence-corrected chi connectivity index (χ2v) is 10.1. The third-order valence-corrected chi connectivity index (χ3v) is 8.04. The molecule has 28 heavy (non-hydrogen) atoms. The third kappa shape index (κ3) is 4.36. The standard InChI is InChI=1S/C20H30N2O5S/c1-22(15-9-17-6-7-18(10-15)26-17)28(23,24)13-14-4-3-5-16(8-14)27-20-12-21-11-19(20)25-2/h3-5,8,15,17-21H,6-7,9-13H2,1-2H3/t15-,17-,18+,19-,20-/m1/s1. The molecule has 0 radical (unpaired) electrons. The number of fused-ring (bicyclic) bond motifs is 2. The number of benzene rings is 1. The molecule has 3 saturated heterocycles. The van der Waals surface area contributed by atoms with E-state index in [2.05, 4.69) is 5.32 Å². The summed E-state index contributed by atoms with van der Waals surface area (Å²) in [6, 6.07) is 7.40. The summed E-state index contributed by atoms with van der Waals surface area (Å²) in [7, 11) is -0.0235. The van der Waals surface area contributed by atoms with Crippen molar-refractivity contribution < 1.29 is 22.6 Å². The Morgan fingerprint density at radius 1 is 1.18 bits per heavy atom. The van der Waals surface area contributed by atoms with Crippen LogP contribution in [0.3, 0.4) is 0 Å². The summed E-state index contributed by atoms with van der Waals surface area (Å²) < 4.78 is 44.9. The maximum atomic E-state index is 13.0. The Morgan fingerprint density at radius 2 is 1.89 bits per heavy atom. The molecule has 0 aliphatic carbocycles. The van der Waals surface area contributed by atoms with Crippen LogP contribution in [-0.2, 0) is 25.2 Å². The molecular weight excluding hydrogens is 380 g/mol. The zero-order valence-corrected chi connectivity index (χ0v) is 17.4. The molecule has 156 valence electrons. The van der Waals surface area contributed by atoms with Crippen LogP contribution in [0.4, 0.5) is 0 Å². The molecule has 3 fully saturated rings. The van der Waals surface area contributed by atoms with Crippen LogP contribution in [0.1, 0.15) is 31.2 Å². The average Bonchev–Trinajstić information content (AvgIpc) is 3.26. The number of rotatable bonds is 7. The number of nitrogens with zero attached hydrogens (tertiary/aromatic N) is 1. The van der Waals surface area contributed by atoms with Crippen LogP contribution in [0.15, 0.2) is 24.3 Å². The first-order valence-corrected chi connectivity index (χ1v) is 11.7. The molecule has 2 bridgehead atoms. The van der Waals surface area contributed by atoms with E-state index < -0.39 is 10.0 Å². The van der Waals surface area contributed by atoms with E-state index in [0.717, 1.165) is 44.3 Å². The molecule has 8 heteroatoms. The fourth-order valence-electron chi connectivity index (χ4n) is 4.53. The van der Waals surface area contributed by atoms with E-state index in [0.29, 0.717) is 5.75 Å². The van der Waals surface area contributed by atoms with Crippen LogP contribution >= 0.6 is 0 Å². The van der Waals surface area contributed by atoms with E-state index in [9.17, 15) is 8.42 Å². The van der Waals surface area contributed by atoms with Gasteiger partial charge < -0.3 is 19.5 Å². The van der Waals surface area contributed by atoms with Crippen molar-refractivity contribution in [3.63, 3.8) is 0 Å². The number of hydrogen-bond donors (Lipinski definition) is 1. The van der Waals surface area contributed by atoms with Gasteiger partial charge >= 0.3 is 0 Å². The first-order valence-electron chi connectivity index (χ1n) is 10.0. The first kappa shape index (κ1) is 20.1. The fourth-order valence-corrected chi connectivity index (χ4v) is 5.96. The lowest BCUT2D eigenvalue weighted by atomic mass is 10.0. The Bertz CT molecular complexity index is 775. The minimum Gasteiger partial charge on any atom is -0.486 e. The van der Waals surface area contributed by atoms with Gasteiger partial charge in [0.2, 0.25) is 10.0 Å². The van der Waals surface area contributed by atoms with Crippen LogP contribution in [-0.4, -0.2) is 70.4 Å². The SMILES string of the molecule is CO[C@@H]1CNC[C@H]1Oc1cccc(CS(=O)(=O)N(C)[C@@H]2C[C@H]3CC[C@@H](C2)O3)c1. The van der Waals surface area contributed by atoms with Crippen molar-refractivity contribution in [3.05, 3.63) is 29.8 Å². The highest BCUT2D eigenvalue weighted by molar-refractivity contribution is 7.88. The average molecular weight is 411 g/mol. The van der Waals surface area contributed by atoms with Crippen molar-refractivity contribution in [1.29, 1.82) is 0 Å². The van der Waals surface area contributed by atoms with Crippen molar-refractivity contribution in [2.75, 3.05) is 27.2 Å². The van der Waals surface area contributed by atoms with Gasteiger partial charge in [-0.05, 0) is 43.4 Å². The number of methoxy groups -OCH3 is 1. The summed E-state index contributed by atoms with van der Waals surface area (Å²) in [4.78, 5) is 0. The van der Waals surface area contributed by atoms with Gasteiger partial charge in [0.15, 0.2) is 0 Å². The predicted molar refractivity (Wildman–Crippen MR) is 106 cm³/mol. The summed E-state index contributed by atoms with van der Waals surface area (Å²) >= 11 is 0. The van der Waals surface area contributed by atoms with E-state index in [1.165, 1.54) is 0 Å². The lowest BCUT2D eigenvalue weighted by Gasteiger charge is -2.34. The summed E-state index contributed by atoms with van der Waals surface area (Å²) in [5, 5.41) is 3.25. The lowest BCUT2D eigenvalue weighted by molar-refractivity contribution is -0.0189. The number of nitrogens with one attached hydrogen (secondary N) is 1. The van der Waals surface area contributed by atoms with Crippen molar-refractivity contribution in [2.45, 2.75) is 61.9 Å². The Balaban J connectivity index is 1.41. The molecule has 4 rings (SSSR count). The van der Waals surface area contributed by atoms with E-state index in [4.69, 9.17) is 14.2 Å². The van der Waals surface area contributed by atoms with Crippen LogP contribution in [0.25, 0.3) is 0 Å². The van der Waals surface area contributed by atoms with Crippen LogP contribution in [0.5, 0.6) is 5.75 Å². The summed E-state index contributed by atoms with van der Waals surface area (Å²) in [6.45, 7) is 1.48. The van der Waals surface area contributed by atoms with Crippen LogP contribution in [0, 0.1) is 0 Å². The summed E-state index contributed by atoms with van der Waals surface area (Å²) in [5.74, 6) is 0.652. The molecular formula is C20H30N2O5S. The Kier molecular flexibility index (Phi) is 5.94. The van der Waals surface area contributed by atoms with Gasteiger partial charge in [0.25, 0.3) is 0 Å². The van der Waals surface area contributed by atoms with Gasteiger partial charge in [0.05, 0.1) is 18.0 Å². The topological polar surface area (TPSA) is 77.1 Å². The second-order valence-electron chi connectivity index (χ2n) is 8.09. The molecule has 0 saturated carbocycles. The quantitative estimate of drug-likeness (QED) is 0.735. The number of sulfonamides is 1. The summed E-state index contributed by atoms with van der Waals surface area (Å²) in [5.41, 5.74) is 0.735. The van der Waals surface area contributed by atoms with Gasteiger partial charge in [0, 0.05) is 33.3 Å². The van der Waals surface area contributed by atoms with Crippen molar-refractivity contribution in [1.82, 2.24) is 9.62 Å². The maximum Gasteiger partial charge on any atom is 0.218 e. The number of ether oxygens (including phenoxy) is 3. The molecule has 3 heterocycles. The minimum absolute atomic E-state index is 0.00223. The fraction of sp³-hybridized carbons (Fsp3) is 0.700. The van der Waals surface area contributed by atoms with Gasteiger partial charge in [-0.25, -0.2) is 12.7 Å². The molecule has 1 aromatic carbocycles. The van der Waals surface area contributed by atoms with E-state index >= 15 is 0 Å². The first-order chi connectivity index (χ1) is 13.4. The molecule has 0 amide bonds. The highest BCUT2D eigenvalue weighted by Crippen LogP contribution is 2.35. The molecule has 0 unspecified atom stereocenters. The molecule has 1 aromatic rings. The number of hydrogen-bond acceptors (Lipinski definition) is 6. The molecule has 0 aromatic heterocycles. The van der Waals surface area contributed by atoms with Gasteiger partial charge in [-0.1, -0.05) is 12.1 Å². The van der Waals surface area contributed by atoms with E-state index in [1.54, 1.807) is 18.5 Å². The zero-order valence-electron chi connectivity index (χ0n) is 16.5. The van der Waals surface area contributed by atoms with Crippen molar-refractivity contribution in [3.8, 4) is 5.75 Å². The Hall–Kier alpha value is -1.19. The minimum atomic E-state index is -3.41.